The molecule has 188 valence electrons. The van der Waals surface area contributed by atoms with Gasteiger partial charge in [-0.15, -0.1) is 6.58 Å². The summed E-state index contributed by atoms with van der Waals surface area (Å²) in [7, 11) is 0. The highest BCUT2D eigenvalue weighted by molar-refractivity contribution is 5.89. The summed E-state index contributed by atoms with van der Waals surface area (Å²) in [6.45, 7) is 5.44. The maximum atomic E-state index is 13.2. The van der Waals surface area contributed by atoms with Gasteiger partial charge in [0.15, 0.2) is 12.4 Å². The maximum absolute atomic E-state index is 13.2. The quantitative estimate of drug-likeness (QED) is 0.317. The van der Waals surface area contributed by atoms with E-state index in [2.05, 4.69) is 6.58 Å². The van der Waals surface area contributed by atoms with Crippen LogP contribution in [0, 0.1) is 6.92 Å². The molecule has 2 heterocycles. The summed E-state index contributed by atoms with van der Waals surface area (Å²) in [4.78, 5) is 38.6. The SMILES string of the molecule is C=CCO[C@H]1O[C@@H](n2cc(C)c(=O)n(COCc3ccccc3)c2=O)C[C@@H]1OC(=O)c1ccccc1. The first-order valence-electron chi connectivity index (χ1n) is 11.6. The van der Waals surface area contributed by atoms with Gasteiger partial charge in [-0.25, -0.2) is 14.2 Å². The van der Waals surface area contributed by atoms with Gasteiger partial charge in [0.05, 0.1) is 18.8 Å². The molecule has 1 fully saturated rings. The summed E-state index contributed by atoms with van der Waals surface area (Å²) in [5.74, 6) is -0.528. The molecule has 4 rings (SSSR count). The Labute approximate surface area is 208 Å². The lowest BCUT2D eigenvalue weighted by molar-refractivity contribution is -0.172. The molecule has 3 atom stereocenters. The monoisotopic (exact) mass is 492 g/mol. The van der Waals surface area contributed by atoms with Gasteiger partial charge in [-0.05, 0) is 24.6 Å². The van der Waals surface area contributed by atoms with E-state index in [-0.39, 0.29) is 26.4 Å². The Morgan fingerprint density at radius 2 is 1.81 bits per heavy atom. The van der Waals surface area contributed by atoms with Crippen LogP contribution in [0.15, 0.2) is 89.1 Å². The van der Waals surface area contributed by atoms with E-state index in [0.717, 1.165) is 10.1 Å². The molecule has 0 spiro atoms. The normalized spacial score (nSPS) is 19.2. The zero-order valence-corrected chi connectivity index (χ0v) is 19.9. The first kappa shape index (κ1) is 25.3. The minimum atomic E-state index is -0.914. The van der Waals surface area contributed by atoms with E-state index < -0.39 is 35.8 Å². The maximum Gasteiger partial charge on any atom is 0.338 e. The standard InChI is InChI=1S/C27H28N2O7/c1-3-14-34-26-22(35-25(31)21-12-8-5-9-13-21)15-23(36-26)28-16-19(2)24(30)29(27(28)32)18-33-17-20-10-6-4-7-11-20/h3-13,16,22-23,26H,1,14-15,17-18H2,2H3/t22-,23+,26-/m0/s1. The van der Waals surface area contributed by atoms with Crippen LogP contribution in [0.2, 0.25) is 0 Å². The summed E-state index contributed by atoms with van der Waals surface area (Å²) < 4.78 is 25.3. The van der Waals surface area contributed by atoms with Gasteiger partial charge >= 0.3 is 11.7 Å². The summed E-state index contributed by atoms with van der Waals surface area (Å²) in [6.07, 6.45) is 0.637. The predicted molar refractivity (Wildman–Crippen MR) is 131 cm³/mol. The number of aryl methyl sites for hydroxylation is 1. The summed E-state index contributed by atoms with van der Waals surface area (Å²) in [5.41, 5.74) is 0.605. The van der Waals surface area contributed by atoms with Crippen molar-refractivity contribution >= 4 is 5.97 Å². The van der Waals surface area contributed by atoms with Crippen molar-refractivity contribution in [3.05, 3.63) is 117 Å². The van der Waals surface area contributed by atoms with Crippen LogP contribution < -0.4 is 11.2 Å². The fraction of sp³-hybridized carbons (Fsp3) is 0.296. The first-order chi connectivity index (χ1) is 17.5. The molecular weight excluding hydrogens is 464 g/mol. The Balaban J connectivity index is 1.53. The van der Waals surface area contributed by atoms with Crippen molar-refractivity contribution in [1.82, 2.24) is 9.13 Å². The Kier molecular flexibility index (Phi) is 8.27. The van der Waals surface area contributed by atoms with Gasteiger partial charge in [-0.3, -0.25) is 9.36 Å². The summed E-state index contributed by atoms with van der Waals surface area (Å²) in [6, 6.07) is 18.0. The van der Waals surface area contributed by atoms with Crippen LogP contribution in [0.1, 0.15) is 34.1 Å². The van der Waals surface area contributed by atoms with Gasteiger partial charge in [0.1, 0.15) is 13.0 Å². The number of ether oxygens (including phenoxy) is 4. The zero-order valence-electron chi connectivity index (χ0n) is 19.9. The Morgan fingerprint density at radius 1 is 1.11 bits per heavy atom. The Morgan fingerprint density at radius 3 is 2.50 bits per heavy atom. The predicted octanol–water partition coefficient (Wildman–Crippen LogP) is 3.17. The third-order valence-corrected chi connectivity index (χ3v) is 5.68. The van der Waals surface area contributed by atoms with Gasteiger partial charge in [0, 0.05) is 18.2 Å². The number of esters is 1. The molecule has 0 N–H and O–H groups in total. The van der Waals surface area contributed by atoms with Crippen molar-refractivity contribution in [2.75, 3.05) is 6.61 Å². The second-order valence-electron chi connectivity index (χ2n) is 8.32. The van der Waals surface area contributed by atoms with Crippen molar-refractivity contribution in [2.24, 2.45) is 0 Å². The number of carbonyl (C=O) groups is 1. The number of hydrogen-bond donors (Lipinski definition) is 0. The summed E-state index contributed by atoms with van der Waals surface area (Å²) in [5, 5.41) is 0. The molecular formula is C27H28N2O7. The molecule has 9 heteroatoms. The molecule has 0 radical (unpaired) electrons. The van der Waals surface area contributed by atoms with Crippen LogP contribution in [-0.2, 0) is 32.3 Å². The molecule has 1 aliphatic rings. The second-order valence-corrected chi connectivity index (χ2v) is 8.32. The van der Waals surface area contributed by atoms with Gasteiger partial charge in [0.25, 0.3) is 5.56 Å². The highest BCUT2D eigenvalue weighted by Gasteiger charge is 2.40. The smallest absolute Gasteiger partial charge is 0.338 e. The van der Waals surface area contributed by atoms with E-state index in [4.69, 9.17) is 18.9 Å². The van der Waals surface area contributed by atoms with Crippen LogP contribution >= 0.6 is 0 Å². The zero-order chi connectivity index (χ0) is 25.5. The van der Waals surface area contributed by atoms with Gasteiger partial charge in [0.2, 0.25) is 0 Å². The average Bonchev–Trinajstić information content (AvgIpc) is 3.30. The summed E-state index contributed by atoms with van der Waals surface area (Å²) >= 11 is 0. The topological polar surface area (TPSA) is 98.0 Å². The number of hydrogen-bond acceptors (Lipinski definition) is 7. The largest absolute Gasteiger partial charge is 0.453 e. The lowest BCUT2D eigenvalue weighted by atomic mass is 10.2. The molecule has 0 saturated carbocycles. The second kappa shape index (κ2) is 11.8. The number of nitrogens with zero attached hydrogens (tertiary/aromatic N) is 2. The Bertz CT molecular complexity index is 1300. The van der Waals surface area contributed by atoms with Crippen molar-refractivity contribution in [2.45, 2.75) is 45.3 Å². The van der Waals surface area contributed by atoms with Gasteiger partial charge < -0.3 is 18.9 Å². The van der Waals surface area contributed by atoms with Gasteiger partial charge in [-0.2, -0.15) is 0 Å². The average molecular weight is 493 g/mol. The first-order valence-corrected chi connectivity index (χ1v) is 11.6. The molecule has 1 saturated heterocycles. The third kappa shape index (κ3) is 5.88. The fourth-order valence-electron chi connectivity index (χ4n) is 3.89. The molecule has 2 aromatic carbocycles. The van der Waals surface area contributed by atoms with Crippen LogP contribution in [-0.4, -0.2) is 34.1 Å². The minimum absolute atomic E-state index is 0.156. The van der Waals surface area contributed by atoms with E-state index in [9.17, 15) is 14.4 Å². The van der Waals surface area contributed by atoms with Crippen LogP contribution in [0.5, 0.6) is 0 Å². The van der Waals surface area contributed by atoms with Crippen molar-refractivity contribution in [3.8, 4) is 0 Å². The molecule has 36 heavy (non-hydrogen) atoms. The van der Waals surface area contributed by atoms with E-state index in [1.54, 1.807) is 43.3 Å². The molecule has 1 aliphatic heterocycles. The molecule has 9 nitrogen and oxygen atoms in total. The third-order valence-electron chi connectivity index (χ3n) is 5.68. The number of carbonyl (C=O) groups excluding carboxylic acids is 1. The fourth-order valence-corrected chi connectivity index (χ4v) is 3.89. The number of benzene rings is 2. The molecule has 0 aliphatic carbocycles. The molecule has 0 amide bonds. The van der Waals surface area contributed by atoms with E-state index >= 15 is 0 Å². The van der Waals surface area contributed by atoms with Crippen LogP contribution in [0.4, 0.5) is 0 Å². The van der Waals surface area contributed by atoms with Crippen molar-refractivity contribution < 1.29 is 23.7 Å². The van der Waals surface area contributed by atoms with E-state index in [1.807, 2.05) is 30.3 Å². The van der Waals surface area contributed by atoms with E-state index in [0.29, 0.717) is 11.1 Å². The lowest BCUT2D eigenvalue weighted by Crippen LogP contribution is -2.42. The number of aromatic nitrogens is 2. The van der Waals surface area contributed by atoms with Crippen molar-refractivity contribution in [1.29, 1.82) is 0 Å². The highest BCUT2D eigenvalue weighted by atomic mass is 16.7. The molecule has 1 aromatic heterocycles. The highest BCUT2D eigenvalue weighted by Crippen LogP contribution is 2.31. The molecule has 0 unspecified atom stereocenters. The minimum Gasteiger partial charge on any atom is -0.453 e. The molecule has 0 bridgehead atoms. The molecule has 3 aromatic rings. The van der Waals surface area contributed by atoms with Gasteiger partial charge in [-0.1, -0.05) is 54.6 Å². The van der Waals surface area contributed by atoms with Crippen molar-refractivity contribution in [3.63, 3.8) is 0 Å². The van der Waals surface area contributed by atoms with E-state index in [1.165, 1.54) is 10.8 Å². The van der Waals surface area contributed by atoms with Crippen LogP contribution in [0.25, 0.3) is 0 Å². The Hall–Kier alpha value is -3.79. The number of rotatable bonds is 10. The van der Waals surface area contributed by atoms with Crippen LogP contribution in [0.3, 0.4) is 0 Å². The lowest BCUT2D eigenvalue weighted by Gasteiger charge is -2.19.